The quantitative estimate of drug-likeness (QED) is 0.255. The van der Waals surface area contributed by atoms with E-state index in [9.17, 15) is 14.0 Å². The van der Waals surface area contributed by atoms with Crippen LogP contribution in [0.25, 0.3) is 16.9 Å². The van der Waals surface area contributed by atoms with E-state index in [1.807, 2.05) is 13.0 Å². The molecule has 35 heavy (non-hydrogen) atoms. The molecule has 4 aromatic rings. The van der Waals surface area contributed by atoms with Gasteiger partial charge in [0.2, 0.25) is 0 Å². The minimum Gasteiger partial charge on any atom is -0.461 e. The Labute approximate surface area is 206 Å². The van der Waals surface area contributed by atoms with Gasteiger partial charge in [-0.25, -0.2) is 18.9 Å². The van der Waals surface area contributed by atoms with Gasteiger partial charge in [-0.05, 0) is 61.2 Å². The summed E-state index contributed by atoms with van der Waals surface area (Å²) in [6.45, 7) is 3.91. The number of aromatic nitrogens is 3. The second-order valence-electron chi connectivity index (χ2n) is 7.35. The van der Waals surface area contributed by atoms with Crippen molar-refractivity contribution in [1.82, 2.24) is 14.8 Å². The third-order valence-corrected chi connectivity index (χ3v) is 5.85. The van der Waals surface area contributed by atoms with E-state index < -0.39 is 11.8 Å². The van der Waals surface area contributed by atoms with Crippen molar-refractivity contribution in [2.45, 2.75) is 18.9 Å². The van der Waals surface area contributed by atoms with Crippen LogP contribution in [0.5, 0.6) is 0 Å². The van der Waals surface area contributed by atoms with E-state index in [2.05, 4.69) is 15.4 Å². The molecule has 0 atom stereocenters. The number of rotatable bonds is 8. The van der Waals surface area contributed by atoms with Gasteiger partial charge >= 0.3 is 5.97 Å². The highest BCUT2D eigenvalue weighted by Gasteiger charge is 2.19. The normalized spacial score (nSPS) is 10.7. The van der Waals surface area contributed by atoms with E-state index in [4.69, 9.17) is 4.74 Å². The fourth-order valence-electron chi connectivity index (χ4n) is 3.47. The van der Waals surface area contributed by atoms with Crippen molar-refractivity contribution in [3.63, 3.8) is 0 Å². The first-order valence-electron chi connectivity index (χ1n) is 11.0. The lowest BCUT2D eigenvalue weighted by Crippen LogP contribution is -2.13. The van der Waals surface area contributed by atoms with Crippen LogP contribution >= 0.6 is 11.8 Å². The van der Waals surface area contributed by atoms with Gasteiger partial charge in [0.25, 0.3) is 5.91 Å². The van der Waals surface area contributed by atoms with Crippen molar-refractivity contribution in [3.8, 4) is 16.9 Å². The topological polar surface area (TPSA) is 86.1 Å². The maximum Gasteiger partial charge on any atom is 0.358 e. The van der Waals surface area contributed by atoms with Gasteiger partial charge in [0.15, 0.2) is 5.69 Å². The van der Waals surface area contributed by atoms with E-state index in [-0.39, 0.29) is 18.2 Å². The molecule has 0 unspecified atom stereocenters. The fourth-order valence-corrected chi connectivity index (χ4v) is 4.19. The Morgan fingerprint density at radius 3 is 2.66 bits per heavy atom. The molecule has 4 rings (SSSR count). The Balaban J connectivity index is 1.71. The van der Waals surface area contributed by atoms with Crippen molar-refractivity contribution >= 4 is 29.3 Å². The van der Waals surface area contributed by atoms with Crippen LogP contribution in [0.2, 0.25) is 0 Å². The maximum atomic E-state index is 13.9. The van der Waals surface area contributed by atoms with Gasteiger partial charge in [0.05, 0.1) is 23.6 Å². The monoisotopic (exact) mass is 490 g/mol. The minimum absolute atomic E-state index is 0.0946. The van der Waals surface area contributed by atoms with Gasteiger partial charge in [-0.15, -0.1) is 11.8 Å². The average molecular weight is 491 g/mol. The molecule has 178 valence electrons. The first-order chi connectivity index (χ1) is 17.0. The van der Waals surface area contributed by atoms with E-state index in [0.717, 1.165) is 5.75 Å². The summed E-state index contributed by atoms with van der Waals surface area (Å²) in [6, 6.07) is 18.1. The molecular weight excluding hydrogens is 467 g/mol. The lowest BCUT2D eigenvalue weighted by molar-refractivity contribution is 0.0519. The van der Waals surface area contributed by atoms with Crippen LogP contribution in [0, 0.1) is 5.82 Å². The van der Waals surface area contributed by atoms with Crippen molar-refractivity contribution in [1.29, 1.82) is 0 Å². The van der Waals surface area contributed by atoms with Gasteiger partial charge in [0, 0.05) is 17.4 Å². The number of anilines is 1. The van der Waals surface area contributed by atoms with Crippen LogP contribution in [-0.4, -0.2) is 39.0 Å². The van der Waals surface area contributed by atoms with E-state index in [1.54, 1.807) is 61.7 Å². The number of pyridine rings is 1. The molecule has 0 radical (unpaired) electrons. The Bertz CT molecular complexity index is 1370. The number of halogens is 1. The number of thioether (sulfide) groups is 1. The van der Waals surface area contributed by atoms with Crippen molar-refractivity contribution in [2.24, 2.45) is 0 Å². The van der Waals surface area contributed by atoms with Crippen LogP contribution in [0.4, 0.5) is 10.1 Å². The second kappa shape index (κ2) is 11.0. The molecule has 0 bridgehead atoms. The van der Waals surface area contributed by atoms with Crippen molar-refractivity contribution in [2.75, 3.05) is 17.7 Å². The number of hydrogen-bond acceptors (Lipinski definition) is 6. The average Bonchev–Trinajstić information content (AvgIpc) is 3.31. The SMILES string of the molecule is CCOC(=O)c1cc(-c2cccc(NC(=O)c3cccnc3SCC)c2)n(-c2cccc(F)c2)n1. The Kier molecular flexibility index (Phi) is 7.57. The summed E-state index contributed by atoms with van der Waals surface area (Å²) >= 11 is 1.49. The Hall–Kier alpha value is -3.98. The predicted octanol–water partition coefficient (Wildman–Crippen LogP) is 5.61. The molecule has 7 nitrogen and oxygen atoms in total. The molecule has 0 aliphatic rings. The van der Waals surface area contributed by atoms with Gasteiger partial charge in [0.1, 0.15) is 10.8 Å². The molecule has 0 aliphatic carbocycles. The molecule has 0 saturated carbocycles. The molecule has 0 aliphatic heterocycles. The summed E-state index contributed by atoms with van der Waals surface area (Å²) in [5, 5.41) is 7.93. The summed E-state index contributed by atoms with van der Waals surface area (Å²) in [5.74, 6) is -0.498. The maximum absolute atomic E-state index is 13.9. The third-order valence-electron chi connectivity index (χ3n) is 4.96. The Morgan fingerprint density at radius 2 is 1.89 bits per heavy atom. The molecule has 2 aromatic heterocycles. The predicted molar refractivity (Wildman–Crippen MR) is 134 cm³/mol. The molecule has 2 heterocycles. The van der Waals surface area contributed by atoms with Crippen molar-refractivity contribution < 1.29 is 18.7 Å². The highest BCUT2D eigenvalue weighted by Crippen LogP contribution is 2.28. The molecule has 2 aromatic carbocycles. The zero-order chi connectivity index (χ0) is 24.8. The van der Waals surface area contributed by atoms with Crippen LogP contribution < -0.4 is 5.32 Å². The molecule has 0 spiro atoms. The van der Waals surface area contributed by atoms with E-state index >= 15 is 0 Å². The number of carbonyl (C=O) groups is 2. The first kappa shape index (κ1) is 24.2. The highest BCUT2D eigenvalue weighted by atomic mass is 32.2. The van der Waals surface area contributed by atoms with Crippen LogP contribution in [-0.2, 0) is 4.74 Å². The van der Waals surface area contributed by atoms with E-state index in [0.29, 0.717) is 33.2 Å². The van der Waals surface area contributed by atoms with Gasteiger partial charge < -0.3 is 10.1 Å². The third kappa shape index (κ3) is 5.58. The largest absolute Gasteiger partial charge is 0.461 e. The zero-order valence-corrected chi connectivity index (χ0v) is 20.0. The summed E-state index contributed by atoms with van der Waals surface area (Å²) < 4.78 is 20.5. The summed E-state index contributed by atoms with van der Waals surface area (Å²) in [6.07, 6.45) is 1.66. The minimum atomic E-state index is -0.578. The highest BCUT2D eigenvalue weighted by molar-refractivity contribution is 7.99. The van der Waals surface area contributed by atoms with E-state index in [1.165, 1.54) is 28.6 Å². The smallest absolute Gasteiger partial charge is 0.358 e. The number of nitrogens with one attached hydrogen (secondary N) is 1. The standard InChI is InChI=1S/C26H23FN4O3S/c1-3-34-26(33)22-16-23(31(30-22)20-11-6-9-18(27)15-20)17-8-5-10-19(14-17)29-24(32)21-12-7-13-28-25(21)35-4-2/h5-16H,3-4H2,1-2H3,(H,29,32). The number of amides is 1. The lowest BCUT2D eigenvalue weighted by atomic mass is 10.1. The molecule has 1 amide bonds. The van der Waals surface area contributed by atoms with Crippen LogP contribution in [0.15, 0.2) is 78.0 Å². The second-order valence-corrected chi connectivity index (χ2v) is 8.60. The number of benzene rings is 2. The summed E-state index contributed by atoms with van der Waals surface area (Å²) in [4.78, 5) is 29.6. The number of ether oxygens (including phenoxy) is 1. The van der Waals surface area contributed by atoms with Gasteiger partial charge in [-0.3, -0.25) is 4.79 Å². The summed E-state index contributed by atoms with van der Waals surface area (Å²) in [5.41, 5.74) is 2.79. The van der Waals surface area contributed by atoms with Crippen LogP contribution in [0.1, 0.15) is 34.7 Å². The van der Waals surface area contributed by atoms with Crippen LogP contribution in [0.3, 0.4) is 0 Å². The molecule has 0 saturated heterocycles. The summed E-state index contributed by atoms with van der Waals surface area (Å²) in [7, 11) is 0. The number of esters is 1. The molecular formula is C26H23FN4O3S. The molecule has 0 fully saturated rings. The lowest BCUT2D eigenvalue weighted by Gasteiger charge is -2.11. The number of hydrogen-bond donors (Lipinski definition) is 1. The molecule has 9 heteroatoms. The van der Waals surface area contributed by atoms with Gasteiger partial charge in [-0.1, -0.05) is 25.1 Å². The van der Waals surface area contributed by atoms with Crippen molar-refractivity contribution in [3.05, 3.63) is 90.0 Å². The number of nitrogens with zero attached hydrogens (tertiary/aromatic N) is 3. The Morgan fingerprint density at radius 1 is 1.06 bits per heavy atom. The fraction of sp³-hybridized carbons (Fsp3) is 0.154. The first-order valence-corrected chi connectivity index (χ1v) is 12.0. The molecule has 1 N–H and O–H groups in total. The zero-order valence-electron chi connectivity index (χ0n) is 19.2. The number of carbonyl (C=O) groups excluding carboxylic acids is 2. The van der Waals surface area contributed by atoms with Gasteiger partial charge in [-0.2, -0.15) is 5.10 Å².